The summed E-state index contributed by atoms with van der Waals surface area (Å²) in [5, 5.41) is 1.33. The molecule has 1 unspecified atom stereocenters. The summed E-state index contributed by atoms with van der Waals surface area (Å²) in [7, 11) is -1.21. The SMILES string of the molecule is Nc1ccc(S(=O)Cc2ccc(Cl)c(Cl)c2)cc1Cl. The molecule has 0 aliphatic heterocycles. The lowest BCUT2D eigenvalue weighted by atomic mass is 10.2. The second-order valence-corrected chi connectivity index (χ2v) is 6.59. The molecule has 0 fully saturated rings. The zero-order valence-corrected chi connectivity index (χ0v) is 12.8. The van der Waals surface area contributed by atoms with Crippen LogP contribution in [-0.4, -0.2) is 4.21 Å². The molecule has 2 aromatic rings. The van der Waals surface area contributed by atoms with Crippen LogP contribution in [-0.2, 0) is 16.6 Å². The van der Waals surface area contributed by atoms with E-state index in [1.54, 1.807) is 36.4 Å². The van der Waals surface area contributed by atoms with Crippen LogP contribution in [0.25, 0.3) is 0 Å². The maximum absolute atomic E-state index is 12.2. The van der Waals surface area contributed by atoms with Gasteiger partial charge < -0.3 is 5.73 Å². The summed E-state index contributed by atoms with van der Waals surface area (Å²) in [5.74, 6) is 0.344. The Labute approximate surface area is 128 Å². The highest BCUT2D eigenvalue weighted by molar-refractivity contribution is 7.84. The number of anilines is 1. The Morgan fingerprint density at radius 2 is 1.68 bits per heavy atom. The summed E-state index contributed by atoms with van der Waals surface area (Å²) in [6, 6.07) is 10.2. The van der Waals surface area contributed by atoms with Gasteiger partial charge in [0.15, 0.2) is 0 Å². The molecule has 0 spiro atoms. The van der Waals surface area contributed by atoms with Gasteiger partial charge in [-0.1, -0.05) is 40.9 Å². The van der Waals surface area contributed by atoms with Gasteiger partial charge >= 0.3 is 0 Å². The fraction of sp³-hybridized carbons (Fsp3) is 0.0769. The second-order valence-electron chi connectivity index (χ2n) is 3.92. The van der Waals surface area contributed by atoms with Crippen LogP contribution in [0.5, 0.6) is 0 Å². The van der Waals surface area contributed by atoms with E-state index in [4.69, 9.17) is 40.5 Å². The molecule has 0 aromatic heterocycles. The number of benzene rings is 2. The highest BCUT2D eigenvalue weighted by atomic mass is 35.5. The minimum absolute atomic E-state index is 0.344. The standard InChI is InChI=1S/C13H10Cl3NOS/c14-10-3-1-8(5-11(10)15)7-19(18)9-2-4-13(17)12(16)6-9/h1-6H,7,17H2. The minimum Gasteiger partial charge on any atom is -0.398 e. The monoisotopic (exact) mass is 333 g/mol. The van der Waals surface area contributed by atoms with E-state index < -0.39 is 10.8 Å². The fourth-order valence-corrected chi connectivity index (χ4v) is 3.20. The summed E-state index contributed by atoms with van der Waals surface area (Å²) in [6.45, 7) is 0. The van der Waals surface area contributed by atoms with Gasteiger partial charge in [0.05, 0.1) is 37.3 Å². The molecule has 2 rings (SSSR count). The third-order valence-electron chi connectivity index (χ3n) is 2.52. The number of halogens is 3. The van der Waals surface area contributed by atoms with Crippen LogP contribution >= 0.6 is 34.8 Å². The highest BCUT2D eigenvalue weighted by Gasteiger charge is 2.08. The van der Waals surface area contributed by atoms with Crippen molar-refractivity contribution in [2.24, 2.45) is 0 Å². The Morgan fingerprint density at radius 1 is 0.947 bits per heavy atom. The molecule has 0 bridgehead atoms. The Morgan fingerprint density at radius 3 is 2.32 bits per heavy atom. The maximum atomic E-state index is 12.2. The molecule has 0 saturated carbocycles. The number of hydrogen-bond donors (Lipinski definition) is 1. The molecule has 0 aliphatic carbocycles. The van der Waals surface area contributed by atoms with E-state index in [0.29, 0.717) is 31.4 Å². The summed E-state index contributed by atoms with van der Waals surface area (Å²) in [4.78, 5) is 0.630. The quantitative estimate of drug-likeness (QED) is 0.838. The van der Waals surface area contributed by atoms with Gasteiger partial charge in [0.1, 0.15) is 0 Å². The van der Waals surface area contributed by atoms with Crippen LogP contribution in [0.15, 0.2) is 41.3 Å². The Bertz CT molecular complexity index is 646. The van der Waals surface area contributed by atoms with Crippen LogP contribution in [0.4, 0.5) is 5.69 Å². The first-order chi connectivity index (χ1) is 8.97. The molecule has 0 amide bonds. The fourth-order valence-electron chi connectivity index (χ4n) is 1.51. The molecule has 100 valence electrons. The largest absolute Gasteiger partial charge is 0.398 e. The number of hydrogen-bond acceptors (Lipinski definition) is 2. The summed E-state index contributed by atoms with van der Waals surface area (Å²) >= 11 is 17.7. The molecule has 2 aromatic carbocycles. The molecular formula is C13H10Cl3NOS. The molecule has 0 saturated heterocycles. The summed E-state index contributed by atoms with van der Waals surface area (Å²) < 4.78 is 12.2. The zero-order chi connectivity index (χ0) is 14.0. The van der Waals surface area contributed by atoms with E-state index in [1.807, 2.05) is 0 Å². The summed E-state index contributed by atoms with van der Waals surface area (Å²) in [5.41, 5.74) is 6.93. The van der Waals surface area contributed by atoms with Gasteiger partial charge in [-0.2, -0.15) is 0 Å². The predicted octanol–water partition coefficient (Wildman–Crippen LogP) is 4.54. The number of nitrogen functional groups attached to an aromatic ring is 1. The van der Waals surface area contributed by atoms with Crippen molar-refractivity contribution in [3.8, 4) is 0 Å². The van der Waals surface area contributed by atoms with E-state index in [9.17, 15) is 4.21 Å². The van der Waals surface area contributed by atoms with Crippen molar-refractivity contribution in [2.45, 2.75) is 10.6 Å². The van der Waals surface area contributed by atoms with Crippen LogP contribution in [0, 0.1) is 0 Å². The van der Waals surface area contributed by atoms with Crippen LogP contribution < -0.4 is 5.73 Å². The highest BCUT2D eigenvalue weighted by Crippen LogP contribution is 2.26. The topological polar surface area (TPSA) is 43.1 Å². The Hall–Kier alpha value is -0.740. The summed E-state index contributed by atoms with van der Waals surface area (Å²) in [6.07, 6.45) is 0. The molecule has 1 atom stereocenters. The predicted molar refractivity (Wildman–Crippen MR) is 82.4 cm³/mol. The first-order valence-electron chi connectivity index (χ1n) is 5.34. The van der Waals surface area contributed by atoms with Crippen LogP contribution in [0.2, 0.25) is 15.1 Å². The molecule has 0 heterocycles. The second kappa shape index (κ2) is 6.14. The van der Waals surface area contributed by atoms with Crippen molar-refractivity contribution in [3.05, 3.63) is 57.0 Å². The molecule has 6 heteroatoms. The minimum atomic E-state index is -1.21. The third kappa shape index (κ3) is 3.63. The van der Waals surface area contributed by atoms with Crippen molar-refractivity contribution >= 4 is 51.3 Å². The van der Waals surface area contributed by atoms with E-state index in [0.717, 1.165) is 5.56 Å². The van der Waals surface area contributed by atoms with Crippen LogP contribution in [0.3, 0.4) is 0 Å². The Kier molecular flexibility index (Phi) is 4.74. The van der Waals surface area contributed by atoms with Crippen molar-refractivity contribution in [3.63, 3.8) is 0 Å². The zero-order valence-electron chi connectivity index (χ0n) is 9.70. The maximum Gasteiger partial charge on any atom is 0.0647 e. The normalized spacial score (nSPS) is 12.4. The van der Waals surface area contributed by atoms with Gasteiger partial charge in [-0.3, -0.25) is 4.21 Å². The lowest BCUT2D eigenvalue weighted by Gasteiger charge is -2.06. The van der Waals surface area contributed by atoms with Gasteiger partial charge in [-0.25, -0.2) is 0 Å². The van der Waals surface area contributed by atoms with Gasteiger partial charge in [-0.15, -0.1) is 0 Å². The lowest BCUT2D eigenvalue weighted by molar-refractivity contribution is 0.682. The molecule has 2 nitrogen and oxygen atoms in total. The molecule has 2 N–H and O–H groups in total. The van der Waals surface area contributed by atoms with Crippen molar-refractivity contribution in [1.82, 2.24) is 0 Å². The van der Waals surface area contributed by atoms with E-state index in [-0.39, 0.29) is 0 Å². The molecule has 0 aliphatic rings. The van der Waals surface area contributed by atoms with Crippen molar-refractivity contribution in [1.29, 1.82) is 0 Å². The lowest BCUT2D eigenvalue weighted by Crippen LogP contribution is -1.97. The average Bonchev–Trinajstić information content (AvgIpc) is 2.37. The smallest absolute Gasteiger partial charge is 0.0647 e. The van der Waals surface area contributed by atoms with Gasteiger partial charge in [-0.05, 0) is 35.9 Å². The van der Waals surface area contributed by atoms with E-state index in [2.05, 4.69) is 0 Å². The number of rotatable bonds is 3. The van der Waals surface area contributed by atoms with Crippen molar-refractivity contribution in [2.75, 3.05) is 5.73 Å². The average molecular weight is 335 g/mol. The molecular weight excluding hydrogens is 325 g/mol. The van der Waals surface area contributed by atoms with E-state index in [1.165, 1.54) is 0 Å². The third-order valence-corrected chi connectivity index (χ3v) is 4.96. The van der Waals surface area contributed by atoms with Gasteiger partial charge in [0.2, 0.25) is 0 Å². The first-order valence-corrected chi connectivity index (χ1v) is 7.80. The first kappa shape index (κ1) is 14.7. The van der Waals surface area contributed by atoms with Gasteiger partial charge in [0, 0.05) is 4.90 Å². The van der Waals surface area contributed by atoms with Gasteiger partial charge in [0.25, 0.3) is 0 Å². The number of nitrogens with two attached hydrogens (primary N) is 1. The van der Waals surface area contributed by atoms with Crippen LogP contribution in [0.1, 0.15) is 5.56 Å². The molecule has 0 radical (unpaired) electrons. The van der Waals surface area contributed by atoms with E-state index >= 15 is 0 Å². The Balaban J connectivity index is 2.20. The van der Waals surface area contributed by atoms with Crippen molar-refractivity contribution < 1.29 is 4.21 Å². The molecule has 19 heavy (non-hydrogen) atoms.